The summed E-state index contributed by atoms with van der Waals surface area (Å²) in [5.41, 5.74) is 0.970. The average Bonchev–Trinajstić information content (AvgIpc) is 2.46. The Morgan fingerprint density at radius 1 is 1.17 bits per heavy atom. The molecular weight excluding hydrogens is 294 g/mol. The van der Waals surface area contributed by atoms with Crippen molar-refractivity contribution < 1.29 is 19.4 Å². The zero-order valence-electron chi connectivity index (χ0n) is 14.8. The number of benzene rings is 1. The quantitative estimate of drug-likeness (QED) is 0.691. The molecule has 0 aliphatic heterocycles. The zero-order chi connectivity index (χ0) is 17.4. The van der Waals surface area contributed by atoms with Crippen molar-refractivity contribution in [3.63, 3.8) is 0 Å². The summed E-state index contributed by atoms with van der Waals surface area (Å²) in [6, 6.07) is 5.16. The first-order valence-corrected chi connectivity index (χ1v) is 8.19. The van der Waals surface area contributed by atoms with Gasteiger partial charge in [-0.3, -0.25) is 4.79 Å². The van der Waals surface area contributed by atoms with Crippen LogP contribution in [-0.2, 0) is 11.3 Å². The van der Waals surface area contributed by atoms with Gasteiger partial charge in [0.2, 0.25) is 0 Å². The summed E-state index contributed by atoms with van der Waals surface area (Å²) in [5.74, 6) is 1.05. The van der Waals surface area contributed by atoms with Crippen molar-refractivity contribution in [3.8, 4) is 11.5 Å². The first-order valence-electron chi connectivity index (χ1n) is 8.19. The van der Waals surface area contributed by atoms with Gasteiger partial charge in [-0.05, 0) is 36.5 Å². The Balaban J connectivity index is 2.80. The van der Waals surface area contributed by atoms with Crippen LogP contribution in [-0.4, -0.2) is 30.3 Å². The molecule has 0 unspecified atom stereocenters. The van der Waals surface area contributed by atoms with E-state index in [0.29, 0.717) is 31.4 Å². The molecule has 0 aliphatic carbocycles. The lowest BCUT2D eigenvalue weighted by molar-refractivity contribution is -0.140. The lowest BCUT2D eigenvalue weighted by Crippen LogP contribution is -2.40. The number of ether oxygens (including phenoxy) is 2. The molecule has 5 heteroatoms. The standard InChI is InChI=1S/C18H29NO4/c1-6-22-16-9-14(7-8-15(16)23-11-12(2)3)10-19-17(13(4)5)18(20)21/h7-9,12-13,17,19H,6,10-11H2,1-5H3,(H,20,21)/t17-/m1/s1. The van der Waals surface area contributed by atoms with Gasteiger partial charge in [0, 0.05) is 6.54 Å². The van der Waals surface area contributed by atoms with E-state index in [-0.39, 0.29) is 5.92 Å². The van der Waals surface area contributed by atoms with Gasteiger partial charge in [0.05, 0.1) is 13.2 Å². The molecule has 0 bridgehead atoms. The van der Waals surface area contributed by atoms with Crippen LogP contribution in [0.5, 0.6) is 11.5 Å². The Hall–Kier alpha value is -1.75. The van der Waals surface area contributed by atoms with Gasteiger partial charge in [-0.15, -0.1) is 0 Å². The van der Waals surface area contributed by atoms with Crippen LogP contribution in [0.2, 0.25) is 0 Å². The maximum atomic E-state index is 11.2. The number of carboxylic acids is 1. The third-order valence-corrected chi connectivity index (χ3v) is 3.34. The van der Waals surface area contributed by atoms with Crippen LogP contribution in [0, 0.1) is 11.8 Å². The van der Waals surface area contributed by atoms with E-state index in [0.717, 1.165) is 11.3 Å². The van der Waals surface area contributed by atoms with Crippen LogP contribution in [0.1, 0.15) is 40.2 Å². The summed E-state index contributed by atoms with van der Waals surface area (Å²) < 4.78 is 11.4. The average molecular weight is 323 g/mol. The molecule has 0 spiro atoms. The molecule has 0 fully saturated rings. The van der Waals surface area contributed by atoms with Crippen LogP contribution in [0.3, 0.4) is 0 Å². The minimum Gasteiger partial charge on any atom is -0.490 e. The number of hydrogen-bond donors (Lipinski definition) is 2. The number of carbonyl (C=O) groups is 1. The monoisotopic (exact) mass is 323 g/mol. The highest BCUT2D eigenvalue weighted by atomic mass is 16.5. The molecule has 5 nitrogen and oxygen atoms in total. The van der Waals surface area contributed by atoms with Crippen molar-refractivity contribution >= 4 is 5.97 Å². The lowest BCUT2D eigenvalue weighted by Gasteiger charge is -2.19. The van der Waals surface area contributed by atoms with Crippen molar-refractivity contribution in [1.82, 2.24) is 5.32 Å². The van der Waals surface area contributed by atoms with Crippen molar-refractivity contribution in [2.24, 2.45) is 11.8 Å². The maximum absolute atomic E-state index is 11.2. The van der Waals surface area contributed by atoms with Gasteiger partial charge in [0.15, 0.2) is 11.5 Å². The van der Waals surface area contributed by atoms with Crippen LogP contribution >= 0.6 is 0 Å². The second-order valence-electron chi connectivity index (χ2n) is 6.36. The topological polar surface area (TPSA) is 67.8 Å². The van der Waals surface area contributed by atoms with Crippen molar-refractivity contribution in [1.29, 1.82) is 0 Å². The number of rotatable bonds is 10. The van der Waals surface area contributed by atoms with E-state index in [4.69, 9.17) is 9.47 Å². The normalized spacial score (nSPS) is 12.5. The highest BCUT2D eigenvalue weighted by Crippen LogP contribution is 2.29. The van der Waals surface area contributed by atoms with E-state index in [9.17, 15) is 9.90 Å². The minimum absolute atomic E-state index is 0.0208. The summed E-state index contributed by atoms with van der Waals surface area (Å²) in [7, 11) is 0. The number of aliphatic carboxylic acids is 1. The van der Waals surface area contributed by atoms with E-state index in [1.54, 1.807) is 0 Å². The molecule has 1 aromatic carbocycles. The van der Waals surface area contributed by atoms with Crippen LogP contribution in [0.25, 0.3) is 0 Å². The van der Waals surface area contributed by atoms with Gasteiger partial charge in [-0.2, -0.15) is 0 Å². The van der Waals surface area contributed by atoms with E-state index in [2.05, 4.69) is 19.2 Å². The molecule has 0 aromatic heterocycles. The summed E-state index contributed by atoms with van der Waals surface area (Å²) in [6.07, 6.45) is 0. The first kappa shape index (κ1) is 19.3. The Labute approximate surface area is 139 Å². The molecule has 2 N–H and O–H groups in total. The molecule has 0 radical (unpaired) electrons. The smallest absolute Gasteiger partial charge is 0.320 e. The van der Waals surface area contributed by atoms with Gasteiger partial charge < -0.3 is 19.9 Å². The number of carboxylic acid groups (broad SMARTS) is 1. The second kappa shape index (κ2) is 9.40. The molecule has 0 amide bonds. The number of hydrogen-bond acceptors (Lipinski definition) is 4. The minimum atomic E-state index is -0.832. The van der Waals surface area contributed by atoms with Crippen LogP contribution in [0.4, 0.5) is 0 Å². The van der Waals surface area contributed by atoms with E-state index in [1.807, 2.05) is 39.0 Å². The Kier molecular flexibility index (Phi) is 7.89. The van der Waals surface area contributed by atoms with Crippen LogP contribution < -0.4 is 14.8 Å². The van der Waals surface area contributed by atoms with E-state index in [1.165, 1.54) is 0 Å². The fourth-order valence-corrected chi connectivity index (χ4v) is 2.14. The summed E-state index contributed by atoms with van der Waals surface area (Å²) in [4.78, 5) is 11.2. The number of nitrogens with one attached hydrogen (secondary N) is 1. The van der Waals surface area contributed by atoms with Crippen molar-refractivity contribution in [2.45, 2.75) is 47.2 Å². The van der Waals surface area contributed by atoms with Gasteiger partial charge in [0.1, 0.15) is 6.04 Å². The van der Waals surface area contributed by atoms with E-state index >= 15 is 0 Å². The Morgan fingerprint density at radius 3 is 2.39 bits per heavy atom. The molecular formula is C18H29NO4. The highest BCUT2D eigenvalue weighted by molar-refractivity contribution is 5.73. The van der Waals surface area contributed by atoms with Gasteiger partial charge >= 0.3 is 5.97 Å². The van der Waals surface area contributed by atoms with Crippen molar-refractivity contribution in [3.05, 3.63) is 23.8 Å². The first-order chi connectivity index (χ1) is 10.8. The largest absolute Gasteiger partial charge is 0.490 e. The summed E-state index contributed by atoms with van der Waals surface area (Å²) in [6.45, 7) is 11.6. The summed E-state index contributed by atoms with van der Waals surface area (Å²) in [5, 5.41) is 12.3. The maximum Gasteiger partial charge on any atom is 0.320 e. The predicted molar refractivity (Wildman–Crippen MR) is 91.0 cm³/mol. The van der Waals surface area contributed by atoms with Gasteiger partial charge in [-0.25, -0.2) is 0 Å². The lowest BCUT2D eigenvalue weighted by atomic mass is 10.0. The van der Waals surface area contributed by atoms with E-state index < -0.39 is 12.0 Å². The van der Waals surface area contributed by atoms with Crippen LogP contribution in [0.15, 0.2) is 18.2 Å². The molecule has 130 valence electrons. The SMILES string of the molecule is CCOc1cc(CN[C@@H](C(=O)O)C(C)C)ccc1OCC(C)C. The fraction of sp³-hybridized carbons (Fsp3) is 0.611. The highest BCUT2D eigenvalue weighted by Gasteiger charge is 2.20. The van der Waals surface area contributed by atoms with Crippen molar-refractivity contribution in [2.75, 3.05) is 13.2 Å². The molecule has 0 aliphatic rings. The molecule has 0 saturated carbocycles. The molecule has 1 atom stereocenters. The Morgan fingerprint density at radius 2 is 1.87 bits per heavy atom. The third-order valence-electron chi connectivity index (χ3n) is 3.34. The predicted octanol–water partition coefficient (Wildman–Crippen LogP) is 3.32. The second-order valence-corrected chi connectivity index (χ2v) is 6.36. The third kappa shape index (κ3) is 6.48. The fourth-order valence-electron chi connectivity index (χ4n) is 2.14. The molecule has 1 aromatic rings. The van der Waals surface area contributed by atoms with Gasteiger partial charge in [0.25, 0.3) is 0 Å². The Bertz CT molecular complexity index is 500. The zero-order valence-corrected chi connectivity index (χ0v) is 14.8. The molecule has 23 heavy (non-hydrogen) atoms. The molecule has 0 heterocycles. The molecule has 1 rings (SSSR count). The summed E-state index contributed by atoms with van der Waals surface area (Å²) >= 11 is 0. The van der Waals surface area contributed by atoms with Gasteiger partial charge in [-0.1, -0.05) is 33.8 Å². The molecule has 0 saturated heterocycles.